The Morgan fingerprint density at radius 3 is 2.64 bits per heavy atom. The molecule has 0 saturated carbocycles. The Hall–Kier alpha value is -2.11. The number of rotatable bonds is 4. The molecule has 0 aliphatic carbocycles. The maximum atomic E-state index is 13.1. The molecule has 4 nitrogen and oxygen atoms in total. The first-order valence-corrected chi connectivity index (χ1v) is 8.18. The van der Waals surface area contributed by atoms with Gasteiger partial charge in [-0.2, -0.15) is 0 Å². The maximum Gasteiger partial charge on any atom is 0.253 e. The highest BCUT2D eigenvalue weighted by atomic mass is 35.5. The lowest BCUT2D eigenvalue weighted by Crippen LogP contribution is -2.29. The summed E-state index contributed by atoms with van der Waals surface area (Å²) < 4.78 is 15.1. The fraction of sp³-hybridized carbons (Fsp3) is 0.316. The van der Waals surface area contributed by atoms with Crippen molar-refractivity contribution in [1.29, 1.82) is 0 Å². The van der Waals surface area contributed by atoms with Gasteiger partial charge < -0.3 is 15.2 Å². The molecular weight excluding hydrogens is 341 g/mol. The predicted octanol–water partition coefficient (Wildman–Crippen LogP) is 3.30. The number of nitrogens with zero attached hydrogens (tertiary/aromatic N) is 1. The normalized spacial score (nSPS) is 13.8. The van der Waals surface area contributed by atoms with Crippen LogP contribution in [0.15, 0.2) is 42.0 Å². The molecule has 0 atom stereocenters. The molecule has 0 fully saturated rings. The van der Waals surface area contributed by atoms with Crippen LogP contribution in [-0.4, -0.2) is 30.1 Å². The number of amides is 1. The van der Waals surface area contributed by atoms with Crippen molar-refractivity contribution >= 4 is 18.3 Å². The van der Waals surface area contributed by atoms with E-state index in [4.69, 9.17) is 0 Å². The number of benzene rings is 1. The predicted molar refractivity (Wildman–Crippen MR) is 100 cm³/mol. The van der Waals surface area contributed by atoms with E-state index in [1.54, 1.807) is 12.1 Å². The van der Waals surface area contributed by atoms with Crippen LogP contribution in [-0.2, 0) is 0 Å². The number of nitrogens with one attached hydrogen (secondary N) is 2. The fourth-order valence-electron chi connectivity index (χ4n) is 3.10. The molecule has 25 heavy (non-hydrogen) atoms. The van der Waals surface area contributed by atoms with Crippen LogP contribution in [0.3, 0.4) is 0 Å². The van der Waals surface area contributed by atoms with Gasteiger partial charge in [0, 0.05) is 30.2 Å². The van der Waals surface area contributed by atoms with Crippen molar-refractivity contribution in [3.8, 4) is 5.69 Å². The van der Waals surface area contributed by atoms with Gasteiger partial charge in [-0.3, -0.25) is 4.79 Å². The van der Waals surface area contributed by atoms with E-state index in [1.165, 1.54) is 17.7 Å². The summed E-state index contributed by atoms with van der Waals surface area (Å²) in [6.07, 6.45) is 3.10. The highest BCUT2D eigenvalue weighted by molar-refractivity contribution is 5.96. The number of hydrogen-bond acceptors (Lipinski definition) is 2. The molecule has 3 rings (SSSR count). The van der Waals surface area contributed by atoms with Gasteiger partial charge in [0.2, 0.25) is 0 Å². The zero-order valence-corrected chi connectivity index (χ0v) is 15.3. The van der Waals surface area contributed by atoms with Crippen LogP contribution in [0.1, 0.15) is 28.2 Å². The van der Waals surface area contributed by atoms with Crippen LogP contribution in [0.2, 0.25) is 0 Å². The molecule has 1 aliphatic heterocycles. The number of hydrogen-bond donors (Lipinski definition) is 2. The van der Waals surface area contributed by atoms with Gasteiger partial charge in [0.05, 0.1) is 5.56 Å². The van der Waals surface area contributed by atoms with Crippen molar-refractivity contribution in [2.75, 3.05) is 19.6 Å². The monoisotopic (exact) mass is 363 g/mol. The molecule has 6 heteroatoms. The van der Waals surface area contributed by atoms with E-state index in [0.717, 1.165) is 36.6 Å². The minimum atomic E-state index is -0.269. The number of aromatic nitrogens is 1. The van der Waals surface area contributed by atoms with Gasteiger partial charge in [0.15, 0.2) is 0 Å². The summed E-state index contributed by atoms with van der Waals surface area (Å²) in [6, 6.07) is 8.17. The van der Waals surface area contributed by atoms with Gasteiger partial charge in [-0.1, -0.05) is 11.6 Å². The third-order valence-corrected chi connectivity index (χ3v) is 4.39. The average Bonchev–Trinajstić information content (AvgIpc) is 2.89. The highest BCUT2D eigenvalue weighted by Crippen LogP contribution is 2.21. The van der Waals surface area contributed by atoms with Crippen LogP contribution in [0.25, 0.3) is 5.69 Å². The Bertz CT molecular complexity index is 781. The van der Waals surface area contributed by atoms with Crippen molar-refractivity contribution in [1.82, 2.24) is 15.2 Å². The lowest BCUT2D eigenvalue weighted by molar-refractivity contribution is 0.0956. The van der Waals surface area contributed by atoms with Crippen molar-refractivity contribution in [2.24, 2.45) is 0 Å². The van der Waals surface area contributed by atoms with E-state index in [-0.39, 0.29) is 24.1 Å². The third-order valence-electron chi connectivity index (χ3n) is 4.39. The summed E-state index contributed by atoms with van der Waals surface area (Å²) in [5.41, 5.74) is 4.58. The van der Waals surface area contributed by atoms with E-state index in [1.807, 2.05) is 24.5 Å². The lowest BCUT2D eigenvalue weighted by atomic mass is 10.1. The standard InChI is InChI=1S/C19H22FN3O.ClH/c1-13-11-18(19(24)22-12-15-7-9-21-10-8-15)14(2)23(13)17-5-3-16(20)4-6-17;/h3-7,11,21H,8-10,12H2,1-2H3,(H,22,24);1H. The minimum Gasteiger partial charge on any atom is -0.348 e. The number of halogens is 2. The molecule has 134 valence electrons. The molecule has 2 aromatic rings. The molecule has 1 aromatic heterocycles. The Morgan fingerprint density at radius 1 is 1.28 bits per heavy atom. The Kier molecular flexibility index (Phi) is 6.39. The number of carbonyl (C=O) groups excluding carboxylic acids is 1. The molecule has 2 heterocycles. The van der Waals surface area contributed by atoms with Gasteiger partial charge in [0.1, 0.15) is 5.82 Å². The average molecular weight is 364 g/mol. The Balaban J connectivity index is 0.00000225. The summed E-state index contributed by atoms with van der Waals surface area (Å²) in [5, 5.41) is 6.26. The first kappa shape index (κ1) is 19.2. The molecule has 1 aliphatic rings. The second-order valence-electron chi connectivity index (χ2n) is 6.10. The lowest BCUT2D eigenvalue weighted by Gasteiger charge is -2.14. The quantitative estimate of drug-likeness (QED) is 0.819. The second-order valence-corrected chi connectivity index (χ2v) is 6.10. The van der Waals surface area contributed by atoms with Crippen molar-refractivity contribution in [3.63, 3.8) is 0 Å². The van der Waals surface area contributed by atoms with Gasteiger partial charge in [-0.15, -0.1) is 12.4 Å². The van der Waals surface area contributed by atoms with E-state index >= 15 is 0 Å². The van der Waals surface area contributed by atoms with Crippen molar-refractivity contribution in [2.45, 2.75) is 20.3 Å². The van der Waals surface area contributed by atoms with E-state index in [2.05, 4.69) is 16.7 Å². The van der Waals surface area contributed by atoms with Crippen LogP contribution in [0.5, 0.6) is 0 Å². The first-order chi connectivity index (χ1) is 11.6. The summed E-state index contributed by atoms with van der Waals surface area (Å²) in [6.45, 7) is 6.27. The largest absolute Gasteiger partial charge is 0.348 e. The summed E-state index contributed by atoms with van der Waals surface area (Å²) in [5.74, 6) is -0.342. The topological polar surface area (TPSA) is 46.1 Å². The van der Waals surface area contributed by atoms with Gasteiger partial charge in [0.25, 0.3) is 5.91 Å². The molecule has 1 amide bonds. The van der Waals surface area contributed by atoms with E-state index < -0.39 is 0 Å². The van der Waals surface area contributed by atoms with Crippen LogP contribution < -0.4 is 10.6 Å². The van der Waals surface area contributed by atoms with Crippen molar-refractivity contribution in [3.05, 3.63) is 64.7 Å². The summed E-state index contributed by atoms with van der Waals surface area (Å²) in [4.78, 5) is 12.5. The molecule has 2 N–H and O–H groups in total. The molecule has 0 bridgehead atoms. The SMILES string of the molecule is Cc1cc(C(=O)NCC2=CCNCC2)c(C)n1-c1ccc(F)cc1.Cl. The van der Waals surface area contributed by atoms with Crippen LogP contribution in [0.4, 0.5) is 4.39 Å². The zero-order chi connectivity index (χ0) is 17.1. The van der Waals surface area contributed by atoms with E-state index in [9.17, 15) is 9.18 Å². The Morgan fingerprint density at radius 2 is 2.00 bits per heavy atom. The zero-order valence-electron chi connectivity index (χ0n) is 14.4. The number of aryl methyl sites for hydroxylation is 1. The van der Waals surface area contributed by atoms with E-state index in [0.29, 0.717) is 12.1 Å². The molecule has 0 spiro atoms. The van der Waals surface area contributed by atoms with Crippen LogP contribution >= 0.6 is 12.4 Å². The third kappa shape index (κ3) is 4.30. The molecule has 1 aromatic carbocycles. The highest BCUT2D eigenvalue weighted by Gasteiger charge is 2.17. The van der Waals surface area contributed by atoms with Crippen LogP contribution in [0, 0.1) is 19.7 Å². The van der Waals surface area contributed by atoms with Gasteiger partial charge >= 0.3 is 0 Å². The maximum absolute atomic E-state index is 13.1. The summed E-state index contributed by atoms with van der Waals surface area (Å²) >= 11 is 0. The first-order valence-electron chi connectivity index (χ1n) is 8.18. The molecule has 0 radical (unpaired) electrons. The molecular formula is C19H23ClFN3O. The summed E-state index contributed by atoms with van der Waals surface area (Å²) in [7, 11) is 0. The fourth-order valence-corrected chi connectivity index (χ4v) is 3.10. The minimum absolute atomic E-state index is 0. The molecule has 0 unspecified atom stereocenters. The van der Waals surface area contributed by atoms with Gasteiger partial charge in [-0.05, 0) is 57.1 Å². The second kappa shape index (κ2) is 8.32. The van der Waals surface area contributed by atoms with Crippen molar-refractivity contribution < 1.29 is 9.18 Å². The molecule has 0 saturated heterocycles. The van der Waals surface area contributed by atoms with Gasteiger partial charge in [-0.25, -0.2) is 4.39 Å². The Labute approximate surface area is 153 Å². The number of carbonyl (C=O) groups is 1. The smallest absolute Gasteiger partial charge is 0.253 e.